The monoisotopic (exact) mass is 536 g/mol. The van der Waals surface area contributed by atoms with E-state index >= 15 is 0 Å². The molecule has 0 spiro atoms. The van der Waals surface area contributed by atoms with E-state index in [0.717, 1.165) is 28.6 Å². The number of aromatic amines is 2. The van der Waals surface area contributed by atoms with Crippen molar-refractivity contribution >= 4 is 40.1 Å². The Labute approximate surface area is 222 Å². The van der Waals surface area contributed by atoms with Crippen molar-refractivity contribution in [1.82, 2.24) is 15.3 Å². The third kappa shape index (κ3) is 5.97. The maximum atomic E-state index is 12.7. The minimum absolute atomic E-state index is 0.0882. The number of rotatable bonds is 7. The van der Waals surface area contributed by atoms with Crippen molar-refractivity contribution in [2.75, 3.05) is 24.3 Å². The summed E-state index contributed by atoms with van der Waals surface area (Å²) in [5.74, 6) is -1.35. The normalized spacial score (nSPS) is 16.8. The standard InChI is InChI=1S/C26H28N6O5S/c1-13-5-8-16(11-14(13)2)27-19(33)12-18-22(34)31-26(38-18)28-21(15-6-9-17(10-7-15)32(3)4)20-23(35)29-25(37)30-24(20)36/h5-11,18,21H,12H2,1-4H3,(H,27,33)(H,28,31,34)(H3,29,30,35,36,37). The summed E-state index contributed by atoms with van der Waals surface area (Å²) in [4.78, 5) is 60.3. The van der Waals surface area contributed by atoms with E-state index in [1.165, 1.54) is 0 Å². The van der Waals surface area contributed by atoms with Crippen LogP contribution in [0, 0.1) is 13.8 Å². The molecule has 2 atom stereocenters. The van der Waals surface area contributed by atoms with Gasteiger partial charge in [-0.05, 0) is 54.8 Å². The van der Waals surface area contributed by atoms with Crippen LogP contribution in [0.2, 0.25) is 0 Å². The molecule has 3 aromatic rings. The Morgan fingerprint density at radius 3 is 2.42 bits per heavy atom. The lowest BCUT2D eigenvalue weighted by Gasteiger charge is -2.17. The number of aliphatic imine (C=N–C) groups is 1. The molecule has 12 heteroatoms. The van der Waals surface area contributed by atoms with Crippen LogP contribution in [0.4, 0.5) is 11.4 Å². The van der Waals surface area contributed by atoms with Crippen molar-refractivity contribution in [2.45, 2.75) is 31.6 Å². The Kier molecular flexibility index (Phi) is 7.72. The van der Waals surface area contributed by atoms with E-state index in [4.69, 9.17) is 0 Å². The van der Waals surface area contributed by atoms with E-state index in [9.17, 15) is 24.3 Å². The van der Waals surface area contributed by atoms with E-state index in [1.807, 2.05) is 57.1 Å². The van der Waals surface area contributed by atoms with Crippen molar-refractivity contribution < 1.29 is 14.7 Å². The maximum absolute atomic E-state index is 12.7. The van der Waals surface area contributed by atoms with Crippen LogP contribution in [0.5, 0.6) is 5.88 Å². The highest BCUT2D eigenvalue weighted by Gasteiger charge is 2.34. The number of aromatic nitrogens is 2. The molecule has 0 bridgehead atoms. The van der Waals surface area contributed by atoms with Gasteiger partial charge in [-0.3, -0.25) is 24.4 Å². The molecule has 5 N–H and O–H groups in total. The number of carbonyl (C=O) groups is 2. The number of amidine groups is 1. The van der Waals surface area contributed by atoms with Gasteiger partial charge in [-0.25, -0.2) is 9.79 Å². The Morgan fingerprint density at radius 1 is 1.08 bits per heavy atom. The van der Waals surface area contributed by atoms with Gasteiger partial charge in [0.05, 0.1) is 0 Å². The largest absolute Gasteiger partial charge is 0.494 e. The molecule has 1 aromatic heterocycles. The molecule has 11 nitrogen and oxygen atoms in total. The average Bonchev–Trinajstić information content (AvgIpc) is 3.18. The fourth-order valence-electron chi connectivity index (χ4n) is 3.92. The van der Waals surface area contributed by atoms with Gasteiger partial charge in [0.15, 0.2) is 5.17 Å². The fraction of sp³-hybridized carbons (Fsp3) is 0.269. The summed E-state index contributed by atoms with van der Waals surface area (Å²) in [5.41, 5.74) is 2.38. The van der Waals surface area contributed by atoms with Crippen molar-refractivity contribution in [3.05, 3.63) is 85.6 Å². The zero-order valence-electron chi connectivity index (χ0n) is 21.3. The van der Waals surface area contributed by atoms with Gasteiger partial charge in [-0.2, -0.15) is 0 Å². The molecule has 2 amide bonds. The van der Waals surface area contributed by atoms with Crippen LogP contribution in [0.15, 0.2) is 57.0 Å². The molecular weight excluding hydrogens is 508 g/mol. The summed E-state index contributed by atoms with van der Waals surface area (Å²) in [5, 5.41) is 15.3. The number of aromatic hydroxyl groups is 1. The second kappa shape index (κ2) is 11.0. The summed E-state index contributed by atoms with van der Waals surface area (Å²) < 4.78 is 0. The average molecular weight is 537 g/mol. The molecule has 1 fully saturated rings. The number of thioether (sulfide) groups is 1. The first-order valence-corrected chi connectivity index (χ1v) is 12.6. The lowest BCUT2D eigenvalue weighted by Crippen LogP contribution is -2.29. The van der Waals surface area contributed by atoms with Crippen molar-refractivity contribution in [1.29, 1.82) is 0 Å². The molecule has 2 unspecified atom stereocenters. The third-order valence-electron chi connectivity index (χ3n) is 6.14. The van der Waals surface area contributed by atoms with Crippen LogP contribution < -0.4 is 26.8 Å². The van der Waals surface area contributed by atoms with E-state index in [1.54, 1.807) is 18.2 Å². The SMILES string of the molecule is Cc1ccc(NC(=O)CC2SC(=NC(c3ccc(N(C)C)cc3)c3c(O)[nH]c(=O)[nH]c3=O)NC2=O)cc1C. The first kappa shape index (κ1) is 26.7. The van der Waals surface area contributed by atoms with Crippen LogP contribution in [0.25, 0.3) is 0 Å². The Bertz CT molecular complexity index is 1530. The predicted molar refractivity (Wildman–Crippen MR) is 148 cm³/mol. The number of benzene rings is 2. The molecule has 0 radical (unpaired) electrons. The first-order valence-electron chi connectivity index (χ1n) is 11.8. The van der Waals surface area contributed by atoms with Gasteiger partial charge >= 0.3 is 5.69 Å². The summed E-state index contributed by atoms with van der Waals surface area (Å²) in [7, 11) is 3.76. The molecule has 2 heterocycles. The summed E-state index contributed by atoms with van der Waals surface area (Å²) in [6.07, 6.45) is -0.0882. The van der Waals surface area contributed by atoms with E-state index < -0.39 is 34.3 Å². The van der Waals surface area contributed by atoms with Gasteiger partial charge in [0, 0.05) is 31.9 Å². The fourth-order valence-corrected chi connectivity index (χ4v) is 4.91. The molecule has 2 aromatic carbocycles. The maximum Gasteiger partial charge on any atom is 0.328 e. The van der Waals surface area contributed by atoms with Crippen LogP contribution >= 0.6 is 11.8 Å². The molecule has 38 heavy (non-hydrogen) atoms. The predicted octanol–water partition coefficient (Wildman–Crippen LogP) is 2.16. The van der Waals surface area contributed by atoms with Crippen LogP contribution in [-0.2, 0) is 9.59 Å². The van der Waals surface area contributed by atoms with Crippen molar-refractivity contribution in [3.8, 4) is 5.88 Å². The summed E-state index contributed by atoms with van der Waals surface area (Å²) >= 11 is 1.06. The number of anilines is 2. The Morgan fingerprint density at radius 2 is 1.79 bits per heavy atom. The van der Waals surface area contributed by atoms with Gasteiger partial charge in [0.25, 0.3) is 5.56 Å². The first-order chi connectivity index (χ1) is 18.0. The number of aryl methyl sites for hydroxylation is 2. The molecule has 0 saturated carbocycles. The number of nitrogens with one attached hydrogen (secondary N) is 4. The number of hydrogen-bond acceptors (Lipinski definition) is 8. The zero-order valence-corrected chi connectivity index (χ0v) is 22.1. The van der Waals surface area contributed by atoms with E-state index in [2.05, 4.69) is 25.6 Å². The van der Waals surface area contributed by atoms with E-state index in [-0.39, 0.29) is 23.1 Å². The molecule has 1 aliphatic heterocycles. The molecule has 4 rings (SSSR count). The highest BCUT2D eigenvalue weighted by molar-refractivity contribution is 8.15. The van der Waals surface area contributed by atoms with Gasteiger partial charge in [-0.15, -0.1) is 0 Å². The lowest BCUT2D eigenvalue weighted by molar-refractivity contribution is -0.122. The quantitative estimate of drug-likeness (QED) is 0.309. The minimum atomic E-state index is -1.04. The molecular formula is C26H28N6O5S. The molecule has 1 saturated heterocycles. The number of nitrogens with zero attached hydrogens (tertiary/aromatic N) is 2. The summed E-state index contributed by atoms with van der Waals surface area (Å²) in [6, 6.07) is 11.6. The van der Waals surface area contributed by atoms with Gasteiger partial charge < -0.3 is 20.6 Å². The summed E-state index contributed by atoms with van der Waals surface area (Å²) in [6.45, 7) is 3.93. The molecule has 198 valence electrons. The van der Waals surface area contributed by atoms with Gasteiger partial charge in [0.1, 0.15) is 16.9 Å². The van der Waals surface area contributed by atoms with Crippen LogP contribution in [-0.4, -0.2) is 51.4 Å². The van der Waals surface area contributed by atoms with E-state index in [0.29, 0.717) is 11.3 Å². The zero-order chi connectivity index (χ0) is 27.6. The minimum Gasteiger partial charge on any atom is -0.494 e. The highest BCUT2D eigenvalue weighted by atomic mass is 32.2. The number of H-pyrrole nitrogens is 2. The highest BCUT2D eigenvalue weighted by Crippen LogP contribution is 2.32. The van der Waals surface area contributed by atoms with Crippen molar-refractivity contribution in [3.63, 3.8) is 0 Å². The second-order valence-electron chi connectivity index (χ2n) is 9.14. The Hall–Kier alpha value is -4.32. The van der Waals surface area contributed by atoms with Crippen LogP contribution in [0.3, 0.4) is 0 Å². The van der Waals surface area contributed by atoms with Gasteiger partial charge in [0.2, 0.25) is 17.7 Å². The second-order valence-corrected chi connectivity index (χ2v) is 10.3. The molecule has 0 aliphatic carbocycles. The van der Waals surface area contributed by atoms with Crippen molar-refractivity contribution in [2.24, 2.45) is 4.99 Å². The number of amides is 2. The lowest BCUT2D eigenvalue weighted by atomic mass is 10.0. The smallest absolute Gasteiger partial charge is 0.328 e. The van der Waals surface area contributed by atoms with Crippen LogP contribution in [0.1, 0.15) is 34.7 Å². The Balaban J connectivity index is 1.59. The van der Waals surface area contributed by atoms with Gasteiger partial charge in [-0.1, -0.05) is 30.0 Å². The number of hydrogen-bond donors (Lipinski definition) is 5. The topological polar surface area (TPSA) is 160 Å². The number of carbonyl (C=O) groups excluding carboxylic acids is 2. The third-order valence-corrected chi connectivity index (χ3v) is 7.24. The molecule has 1 aliphatic rings.